The maximum absolute atomic E-state index is 13.3. The minimum absolute atomic E-state index is 0.0352. The Kier molecular flexibility index (Phi) is 8.68. The number of rotatable bonds is 13. The van der Waals surface area contributed by atoms with Crippen molar-refractivity contribution in [3.8, 4) is 0 Å². The van der Waals surface area contributed by atoms with Crippen LogP contribution in [0.15, 0.2) is 23.5 Å². The van der Waals surface area contributed by atoms with E-state index < -0.39 is 35.2 Å². The number of carbonyl (C=O) groups is 3. The molecule has 1 N–H and O–H groups in total. The minimum Gasteiger partial charge on any atom is -0.508 e. The first kappa shape index (κ1) is 26.1. The van der Waals surface area contributed by atoms with Gasteiger partial charge in [-0.1, -0.05) is 39.2 Å². The Labute approximate surface area is 191 Å². The highest BCUT2D eigenvalue weighted by molar-refractivity contribution is 6.23. The van der Waals surface area contributed by atoms with Crippen molar-refractivity contribution in [2.75, 3.05) is 13.2 Å². The van der Waals surface area contributed by atoms with E-state index in [0.717, 1.165) is 37.7 Å². The lowest BCUT2D eigenvalue weighted by Gasteiger charge is -2.30. The van der Waals surface area contributed by atoms with Crippen molar-refractivity contribution in [3.05, 3.63) is 23.5 Å². The van der Waals surface area contributed by atoms with E-state index in [-0.39, 0.29) is 30.6 Å². The molecule has 2 rings (SSSR count). The topological polar surface area (TPSA) is 93.1 Å². The van der Waals surface area contributed by atoms with Crippen molar-refractivity contribution in [2.24, 2.45) is 5.41 Å². The molecule has 180 valence electrons. The molecule has 1 amide bonds. The van der Waals surface area contributed by atoms with Gasteiger partial charge in [-0.15, -0.1) is 6.58 Å². The highest BCUT2D eigenvalue weighted by Gasteiger charge is 2.65. The molecule has 0 aromatic heterocycles. The van der Waals surface area contributed by atoms with Crippen LogP contribution in [0.2, 0.25) is 0 Å². The molecule has 1 unspecified atom stereocenters. The largest absolute Gasteiger partial charge is 0.508 e. The molecule has 7 nitrogen and oxygen atoms in total. The van der Waals surface area contributed by atoms with E-state index in [1.165, 1.54) is 4.90 Å². The summed E-state index contributed by atoms with van der Waals surface area (Å²) in [5, 5.41) is 11.0. The first-order valence-electron chi connectivity index (χ1n) is 11.8. The van der Waals surface area contributed by atoms with Crippen molar-refractivity contribution < 1.29 is 29.0 Å². The lowest BCUT2D eigenvalue weighted by molar-refractivity contribution is -0.158. The van der Waals surface area contributed by atoms with Gasteiger partial charge in [0, 0.05) is 6.42 Å². The summed E-state index contributed by atoms with van der Waals surface area (Å²) in [5.74, 6) is -2.36. The van der Waals surface area contributed by atoms with Crippen LogP contribution in [0.25, 0.3) is 0 Å². The average Bonchev–Trinajstić information content (AvgIpc) is 3.21. The Morgan fingerprint density at radius 3 is 2.56 bits per heavy atom. The van der Waals surface area contributed by atoms with E-state index in [0.29, 0.717) is 12.8 Å². The molecule has 0 radical (unpaired) electrons. The molecule has 0 aromatic rings. The van der Waals surface area contributed by atoms with E-state index in [1.807, 2.05) is 13.8 Å². The van der Waals surface area contributed by atoms with E-state index in [2.05, 4.69) is 20.4 Å². The lowest BCUT2D eigenvalue weighted by Crippen LogP contribution is -2.55. The molecule has 0 aliphatic carbocycles. The van der Waals surface area contributed by atoms with Crippen LogP contribution in [0.4, 0.5) is 0 Å². The predicted molar refractivity (Wildman–Crippen MR) is 122 cm³/mol. The van der Waals surface area contributed by atoms with E-state index in [1.54, 1.807) is 6.92 Å². The highest BCUT2D eigenvalue weighted by Crippen LogP contribution is 2.44. The summed E-state index contributed by atoms with van der Waals surface area (Å²) in [6, 6.07) is 0. The van der Waals surface area contributed by atoms with Crippen molar-refractivity contribution in [2.45, 2.75) is 97.8 Å². The lowest BCUT2D eigenvalue weighted by atomic mass is 9.77. The number of nitrogens with zero attached hydrogens (tertiary/aromatic N) is 1. The van der Waals surface area contributed by atoms with Crippen molar-refractivity contribution in [1.29, 1.82) is 0 Å². The Morgan fingerprint density at radius 1 is 1.31 bits per heavy atom. The fraction of sp³-hybridized carbons (Fsp3) is 0.720. The molecule has 0 saturated carbocycles. The van der Waals surface area contributed by atoms with Gasteiger partial charge in [0.1, 0.15) is 17.6 Å². The number of amides is 1. The summed E-state index contributed by atoms with van der Waals surface area (Å²) in [6.45, 7) is 13.8. The zero-order chi connectivity index (χ0) is 24.1. The van der Waals surface area contributed by atoms with Crippen LogP contribution >= 0.6 is 0 Å². The molecule has 0 aromatic carbocycles. The molecule has 1 saturated heterocycles. The number of allylic oxidation sites excluding steroid dienone is 1. The molecule has 3 atom stereocenters. The normalized spacial score (nSPS) is 24.5. The van der Waals surface area contributed by atoms with Gasteiger partial charge in [-0.25, -0.2) is 4.79 Å². The van der Waals surface area contributed by atoms with Gasteiger partial charge in [0.15, 0.2) is 5.78 Å². The Bertz CT molecular complexity index is 787. The van der Waals surface area contributed by atoms with Crippen LogP contribution < -0.4 is 0 Å². The van der Waals surface area contributed by atoms with Crippen molar-refractivity contribution >= 4 is 17.7 Å². The molecule has 0 spiro atoms. The first-order valence-corrected chi connectivity index (χ1v) is 11.8. The van der Waals surface area contributed by atoms with Crippen molar-refractivity contribution in [1.82, 2.24) is 4.90 Å². The zero-order valence-electron chi connectivity index (χ0n) is 20.3. The number of aliphatic hydroxyl groups excluding tert-OH is 1. The number of fused-ring (bicyclic) bond motifs is 1. The number of aliphatic hydroxyl groups is 1. The van der Waals surface area contributed by atoms with Crippen LogP contribution in [0, 0.1) is 5.41 Å². The van der Waals surface area contributed by atoms with Gasteiger partial charge in [0.05, 0.1) is 13.2 Å². The van der Waals surface area contributed by atoms with E-state index in [4.69, 9.17) is 9.47 Å². The number of Topliss-reactive ketones (excluding diaryl/α,β-unsaturated/α-hetero) is 1. The summed E-state index contributed by atoms with van der Waals surface area (Å²) in [4.78, 5) is 40.4. The average molecular weight is 450 g/mol. The Morgan fingerprint density at radius 2 is 2.00 bits per heavy atom. The minimum atomic E-state index is -1.76. The highest BCUT2D eigenvalue weighted by atomic mass is 16.6. The molecular formula is C25H39NO6. The second-order valence-corrected chi connectivity index (χ2v) is 9.46. The molecule has 2 aliphatic rings. The van der Waals surface area contributed by atoms with Gasteiger partial charge >= 0.3 is 5.97 Å². The Hall–Kier alpha value is -2.15. The molecule has 32 heavy (non-hydrogen) atoms. The second-order valence-electron chi connectivity index (χ2n) is 9.46. The number of ether oxygens (including phenoxy) is 2. The van der Waals surface area contributed by atoms with Crippen LogP contribution in [0.3, 0.4) is 0 Å². The number of hydrogen-bond donors (Lipinski definition) is 1. The number of carbonyl (C=O) groups excluding carboxylic acids is 3. The molecule has 0 bridgehead atoms. The Balaban J connectivity index is 2.25. The monoisotopic (exact) mass is 449 g/mol. The van der Waals surface area contributed by atoms with Crippen LogP contribution in [0.5, 0.6) is 0 Å². The smallest absolute Gasteiger partial charge is 0.342 e. The van der Waals surface area contributed by atoms with Crippen LogP contribution in [-0.2, 0) is 23.9 Å². The zero-order valence-corrected chi connectivity index (χ0v) is 20.3. The van der Waals surface area contributed by atoms with Gasteiger partial charge in [-0.05, 0) is 51.4 Å². The number of esters is 1. The van der Waals surface area contributed by atoms with Crippen molar-refractivity contribution in [3.63, 3.8) is 0 Å². The molecule has 7 heteroatoms. The van der Waals surface area contributed by atoms with Gasteiger partial charge in [0.25, 0.3) is 5.91 Å². The van der Waals surface area contributed by atoms with E-state index >= 15 is 0 Å². The SMILES string of the molecule is C=C(C)CC(C)(CC)CCCC(=O)C1=C(O)[C@@]2(C(=O)OCC)CO[C@H](CCCC)N2C1=O. The summed E-state index contributed by atoms with van der Waals surface area (Å²) >= 11 is 0. The second kappa shape index (κ2) is 10.6. The fourth-order valence-corrected chi connectivity index (χ4v) is 4.79. The molecule has 2 heterocycles. The predicted octanol–water partition coefficient (Wildman–Crippen LogP) is 4.61. The maximum atomic E-state index is 13.3. The summed E-state index contributed by atoms with van der Waals surface area (Å²) < 4.78 is 10.9. The maximum Gasteiger partial charge on any atom is 0.342 e. The van der Waals surface area contributed by atoms with Gasteiger partial charge in [-0.2, -0.15) is 0 Å². The molecule has 1 fully saturated rings. The number of hydrogen-bond acceptors (Lipinski definition) is 6. The third kappa shape index (κ3) is 4.92. The van der Waals surface area contributed by atoms with Crippen LogP contribution in [0.1, 0.15) is 86.0 Å². The summed E-state index contributed by atoms with van der Waals surface area (Å²) in [5.41, 5.74) is -0.912. The third-order valence-corrected chi connectivity index (χ3v) is 6.71. The number of unbranched alkanes of at least 4 members (excludes halogenated alkanes) is 1. The summed E-state index contributed by atoms with van der Waals surface area (Å²) in [7, 11) is 0. The molecular weight excluding hydrogens is 410 g/mol. The van der Waals surface area contributed by atoms with E-state index in [9.17, 15) is 19.5 Å². The number of ketones is 1. The van der Waals surface area contributed by atoms with Gasteiger partial charge in [0.2, 0.25) is 5.54 Å². The van der Waals surface area contributed by atoms with Gasteiger partial charge in [-0.3, -0.25) is 14.5 Å². The fourth-order valence-electron chi connectivity index (χ4n) is 4.79. The van der Waals surface area contributed by atoms with Gasteiger partial charge < -0.3 is 14.6 Å². The third-order valence-electron chi connectivity index (χ3n) is 6.71. The van der Waals surface area contributed by atoms with Crippen LogP contribution in [-0.4, -0.2) is 52.6 Å². The molecule has 2 aliphatic heterocycles. The quantitative estimate of drug-likeness (QED) is 0.251. The summed E-state index contributed by atoms with van der Waals surface area (Å²) in [6.07, 6.45) is 4.88. The first-order chi connectivity index (χ1) is 15.1. The standard InChI is InChI=1S/C25H39NO6/c1-7-10-13-19-26-22(29)20(21(28)25(26,16-32-19)23(30)31-9-3)18(27)12-11-14-24(6,8-2)15-17(4)5/h19,28H,4,7-16H2,1-3,5-6H3/t19-,24?,25-/m1/s1.